The van der Waals surface area contributed by atoms with Crippen LogP contribution < -0.4 is 5.73 Å². The Balaban J connectivity index is 1.61. The summed E-state index contributed by atoms with van der Waals surface area (Å²) in [6, 6.07) is 8.72. The first-order valence-electron chi connectivity index (χ1n) is 7.89. The van der Waals surface area contributed by atoms with Gasteiger partial charge in [-0.15, -0.1) is 0 Å². The normalized spacial score (nSPS) is 26.7. The van der Waals surface area contributed by atoms with Crippen LogP contribution >= 0.6 is 15.9 Å². The summed E-state index contributed by atoms with van der Waals surface area (Å²) in [5.74, 6) is 0.556. The highest BCUT2D eigenvalue weighted by Crippen LogP contribution is 2.38. The molecule has 0 aromatic heterocycles. The maximum Gasteiger partial charge on any atom is 0.0729 e. The molecule has 0 radical (unpaired) electrons. The highest BCUT2D eigenvalue weighted by atomic mass is 79.9. The topological polar surface area (TPSA) is 44.5 Å². The maximum atomic E-state index is 6.51. The molecular weight excluding hydrogens is 330 g/mol. The first kappa shape index (κ1) is 15.5. The largest absolute Gasteiger partial charge is 0.381 e. The summed E-state index contributed by atoms with van der Waals surface area (Å²) in [5.41, 5.74) is 7.87. The molecule has 2 aliphatic heterocycles. The first-order valence-corrected chi connectivity index (χ1v) is 8.68. The predicted octanol–water partition coefficient (Wildman–Crippen LogP) is 3.29. The Labute approximate surface area is 135 Å². The number of halogens is 1. The van der Waals surface area contributed by atoms with Gasteiger partial charge in [0, 0.05) is 30.3 Å². The molecule has 2 unspecified atom stereocenters. The lowest BCUT2D eigenvalue weighted by Crippen LogP contribution is -2.48. The van der Waals surface area contributed by atoms with Crippen molar-refractivity contribution in [1.82, 2.24) is 0 Å². The molecular formula is C17H24BrNO2. The van der Waals surface area contributed by atoms with Gasteiger partial charge in [-0.2, -0.15) is 0 Å². The SMILES string of the molecule is NC(Cc1ccc(Br)cc1)C1CCOC2(CCOCC2)C1. The summed E-state index contributed by atoms with van der Waals surface area (Å²) in [6.45, 7) is 2.50. The van der Waals surface area contributed by atoms with Gasteiger partial charge in [-0.1, -0.05) is 28.1 Å². The number of rotatable bonds is 3. The fourth-order valence-corrected chi connectivity index (χ4v) is 3.85. The molecule has 1 aromatic carbocycles. The zero-order valence-corrected chi connectivity index (χ0v) is 14.0. The first-order chi connectivity index (χ1) is 10.2. The standard InChI is InChI=1S/C17H24BrNO2/c18-15-3-1-13(2-4-15)11-16(19)14-5-8-21-17(12-14)6-9-20-10-7-17/h1-4,14,16H,5-12,19H2. The second-order valence-corrected chi connectivity index (χ2v) is 7.31. The molecule has 1 aromatic rings. The van der Waals surface area contributed by atoms with Gasteiger partial charge >= 0.3 is 0 Å². The van der Waals surface area contributed by atoms with Crippen molar-refractivity contribution < 1.29 is 9.47 Å². The van der Waals surface area contributed by atoms with E-state index < -0.39 is 0 Å². The minimum Gasteiger partial charge on any atom is -0.381 e. The molecule has 0 amide bonds. The summed E-state index contributed by atoms with van der Waals surface area (Å²) < 4.78 is 12.7. The van der Waals surface area contributed by atoms with Crippen molar-refractivity contribution in [1.29, 1.82) is 0 Å². The van der Waals surface area contributed by atoms with Gasteiger partial charge in [0.15, 0.2) is 0 Å². The van der Waals surface area contributed by atoms with Gasteiger partial charge in [0.1, 0.15) is 0 Å². The van der Waals surface area contributed by atoms with E-state index in [1.54, 1.807) is 0 Å². The third kappa shape index (κ3) is 3.86. The van der Waals surface area contributed by atoms with Crippen molar-refractivity contribution in [3.63, 3.8) is 0 Å². The molecule has 4 heteroatoms. The average molecular weight is 354 g/mol. The van der Waals surface area contributed by atoms with Gasteiger partial charge in [-0.3, -0.25) is 0 Å². The third-order valence-corrected chi connectivity index (χ3v) is 5.45. The van der Waals surface area contributed by atoms with Gasteiger partial charge in [-0.05, 0) is 55.7 Å². The van der Waals surface area contributed by atoms with Crippen LogP contribution in [0.1, 0.15) is 31.2 Å². The fourth-order valence-electron chi connectivity index (χ4n) is 3.58. The van der Waals surface area contributed by atoms with Crippen LogP contribution in [0.5, 0.6) is 0 Å². The van der Waals surface area contributed by atoms with Gasteiger partial charge < -0.3 is 15.2 Å². The highest BCUT2D eigenvalue weighted by Gasteiger charge is 2.40. The van der Waals surface area contributed by atoms with E-state index in [4.69, 9.17) is 15.2 Å². The van der Waals surface area contributed by atoms with Crippen molar-refractivity contribution in [2.75, 3.05) is 19.8 Å². The Hall–Kier alpha value is -0.420. The molecule has 2 fully saturated rings. The van der Waals surface area contributed by atoms with Crippen molar-refractivity contribution in [2.24, 2.45) is 11.7 Å². The van der Waals surface area contributed by atoms with Crippen molar-refractivity contribution >= 4 is 15.9 Å². The third-order valence-electron chi connectivity index (χ3n) is 4.93. The molecule has 2 heterocycles. The van der Waals surface area contributed by atoms with E-state index in [9.17, 15) is 0 Å². The van der Waals surface area contributed by atoms with E-state index in [1.165, 1.54) is 5.56 Å². The molecule has 2 atom stereocenters. The van der Waals surface area contributed by atoms with Gasteiger partial charge in [0.05, 0.1) is 5.60 Å². The number of ether oxygens (including phenoxy) is 2. The minimum absolute atomic E-state index is 0.0402. The molecule has 1 spiro atoms. The highest BCUT2D eigenvalue weighted by molar-refractivity contribution is 9.10. The molecule has 2 saturated heterocycles. The second kappa shape index (κ2) is 6.78. The summed E-state index contributed by atoms with van der Waals surface area (Å²) in [4.78, 5) is 0. The van der Waals surface area contributed by atoms with E-state index in [1.807, 2.05) is 0 Å². The van der Waals surface area contributed by atoms with Crippen LogP contribution in [0.3, 0.4) is 0 Å². The number of hydrogen-bond donors (Lipinski definition) is 1. The predicted molar refractivity (Wildman–Crippen MR) is 87.3 cm³/mol. The van der Waals surface area contributed by atoms with E-state index in [0.29, 0.717) is 5.92 Å². The molecule has 2 aliphatic rings. The Morgan fingerprint density at radius 2 is 1.90 bits per heavy atom. The zero-order valence-electron chi connectivity index (χ0n) is 12.4. The molecule has 21 heavy (non-hydrogen) atoms. The van der Waals surface area contributed by atoms with Gasteiger partial charge in [-0.25, -0.2) is 0 Å². The number of benzene rings is 1. The lowest BCUT2D eigenvalue weighted by Gasteiger charge is -2.44. The van der Waals surface area contributed by atoms with Crippen molar-refractivity contribution in [3.8, 4) is 0 Å². The van der Waals surface area contributed by atoms with Crippen LogP contribution in [-0.2, 0) is 15.9 Å². The lowest BCUT2D eigenvalue weighted by atomic mass is 9.77. The average Bonchev–Trinajstić information content (AvgIpc) is 2.50. The molecule has 0 bridgehead atoms. The Morgan fingerprint density at radius 1 is 1.19 bits per heavy atom. The number of hydrogen-bond acceptors (Lipinski definition) is 3. The summed E-state index contributed by atoms with van der Waals surface area (Å²) in [6.07, 6.45) is 5.17. The minimum atomic E-state index is 0.0402. The quantitative estimate of drug-likeness (QED) is 0.906. The van der Waals surface area contributed by atoms with Crippen LogP contribution in [-0.4, -0.2) is 31.5 Å². The van der Waals surface area contributed by atoms with E-state index in [2.05, 4.69) is 40.2 Å². The Kier molecular flexibility index (Phi) is 4.99. The summed E-state index contributed by atoms with van der Waals surface area (Å²) in [7, 11) is 0. The smallest absolute Gasteiger partial charge is 0.0729 e. The van der Waals surface area contributed by atoms with Crippen LogP contribution in [0.15, 0.2) is 28.7 Å². The molecule has 3 nitrogen and oxygen atoms in total. The van der Waals surface area contributed by atoms with Gasteiger partial charge in [0.2, 0.25) is 0 Å². The molecule has 2 N–H and O–H groups in total. The van der Waals surface area contributed by atoms with E-state index >= 15 is 0 Å². The van der Waals surface area contributed by atoms with E-state index in [-0.39, 0.29) is 11.6 Å². The monoisotopic (exact) mass is 353 g/mol. The molecule has 116 valence electrons. The van der Waals surface area contributed by atoms with Crippen molar-refractivity contribution in [2.45, 2.75) is 43.7 Å². The molecule has 0 aliphatic carbocycles. The zero-order chi connectivity index (χ0) is 14.7. The lowest BCUT2D eigenvalue weighted by molar-refractivity contribution is -0.149. The Bertz CT molecular complexity index is 451. The van der Waals surface area contributed by atoms with E-state index in [0.717, 1.165) is 56.4 Å². The van der Waals surface area contributed by atoms with Crippen molar-refractivity contribution in [3.05, 3.63) is 34.3 Å². The van der Waals surface area contributed by atoms with Crippen LogP contribution in [0, 0.1) is 5.92 Å². The molecule has 0 saturated carbocycles. The number of nitrogens with two attached hydrogens (primary N) is 1. The fraction of sp³-hybridized carbons (Fsp3) is 0.647. The van der Waals surface area contributed by atoms with Gasteiger partial charge in [0.25, 0.3) is 0 Å². The Morgan fingerprint density at radius 3 is 2.62 bits per heavy atom. The molecule has 3 rings (SSSR count). The second-order valence-electron chi connectivity index (χ2n) is 6.39. The summed E-state index contributed by atoms with van der Waals surface area (Å²) >= 11 is 3.48. The van der Waals surface area contributed by atoms with Crippen LogP contribution in [0.4, 0.5) is 0 Å². The van der Waals surface area contributed by atoms with Crippen LogP contribution in [0.25, 0.3) is 0 Å². The van der Waals surface area contributed by atoms with Crippen LogP contribution in [0.2, 0.25) is 0 Å². The summed E-state index contributed by atoms with van der Waals surface area (Å²) in [5, 5.41) is 0. The maximum absolute atomic E-state index is 6.51.